The lowest BCUT2D eigenvalue weighted by molar-refractivity contribution is -0.884. The minimum atomic E-state index is 0. The van der Waals surface area contributed by atoms with Crippen molar-refractivity contribution in [3.8, 4) is 0 Å². The number of benzene rings is 2. The van der Waals surface area contributed by atoms with Crippen molar-refractivity contribution in [1.82, 2.24) is 0 Å². The lowest BCUT2D eigenvalue weighted by Crippen LogP contribution is -3.00. The highest BCUT2D eigenvalue weighted by molar-refractivity contribution is 6.09. The van der Waals surface area contributed by atoms with Crippen LogP contribution in [0.25, 0.3) is 0 Å². The third-order valence-electron chi connectivity index (χ3n) is 3.29. The van der Waals surface area contributed by atoms with Crippen LogP contribution in [0.5, 0.6) is 0 Å². The second-order valence-corrected chi connectivity index (χ2v) is 6.28. The maximum Gasteiger partial charge on any atom is 0.193 e. The molecule has 0 fully saturated rings. The number of ketones is 1. The van der Waals surface area contributed by atoms with Crippen LogP contribution in [-0.4, -0.2) is 31.4 Å². The molecule has 3 heteroatoms. The van der Waals surface area contributed by atoms with Gasteiger partial charge in [-0.3, -0.25) is 4.79 Å². The Labute approximate surface area is 144 Å². The molecule has 0 heterocycles. The van der Waals surface area contributed by atoms with Crippen LogP contribution in [-0.2, 0) is 6.54 Å². The number of aryl methyl sites for hydroxylation is 1. The van der Waals surface area contributed by atoms with E-state index in [1.165, 1.54) is 11.1 Å². The van der Waals surface area contributed by atoms with Crippen LogP contribution in [0, 0.1) is 6.92 Å². The zero-order valence-corrected chi connectivity index (χ0v) is 15.2. The highest BCUT2D eigenvalue weighted by Crippen LogP contribution is 2.17. The zero-order valence-electron chi connectivity index (χ0n) is 13.1. The van der Waals surface area contributed by atoms with Crippen molar-refractivity contribution in [1.29, 1.82) is 0 Å². The van der Waals surface area contributed by atoms with Gasteiger partial charge in [0.1, 0.15) is 6.54 Å². The van der Waals surface area contributed by atoms with Gasteiger partial charge in [-0.25, -0.2) is 0 Å². The van der Waals surface area contributed by atoms with E-state index in [2.05, 4.69) is 28.1 Å². The average Bonchev–Trinajstić information content (AvgIpc) is 2.40. The molecule has 0 aliphatic rings. The fraction of sp³-hybridized carbons (Fsp3) is 0.278. The number of hydrogen-bond acceptors (Lipinski definition) is 1. The molecule has 0 saturated heterocycles. The fourth-order valence-corrected chi connectivity index (χ4v) is 2.25. The summed E-state index contributed by atoms with van der Waals surface area (Å²) in [5, 5.41) is 0. The molecule has 0 spiro atoms. The molecule has 2 aromatic carbocycles. The highest BCUT2D eigenvalue weighted by Gasteiger charge is 2.14. The number of carbonyl (C=O) groups excluding carboxylic acids is 1. The van der Waals surface area contributed by atoms with Crippen LogP contribution in [0.3, 0.4) is 0 Å². The SMILES string of the molecule is Cc1ccc(C(=O)c2ccccc2)cc1C[N+](C)(C)C.[I-]. The third kappa shape index (κ3) is 4.93. The second kappa shape index (κ2) is 7.18. The summed E-state index contributed by atoms with van der Waals surface area (Å²) in [4.78, 5) is 12.5. The lowest BCUT2D eigenvalue weighted by Gasteiger charge is -2.25. The molecule has 0 aliphatic carbocycles. The minimum Gasteiger partial charge on any atom is -1.00 e. The summed E-state index contributed by atoms with van der Waals surface area (Å²) in [6.07, 6.45) is 0. The van der Waals surface area contributed by atoms with Gasteiger partial charge in [-0.2, -0.15) is 0 Å². The molecule has 0 amide bonds. The van der Waals surface area contributed by atoms with E-state index in [9.17, 15) is 4.79 Å². The zero-order chi connectivity index (χ0) is 14.8. The van der Waals surface area contributed by atoms with E-state index in [-0.39, 0.29) is 29.8 Å². The van der Waals surface area contributed by atoms with E-state index >= 15 is 0 Å². The normalized spacial score (nSPS) is 10.9. The van der Waals surface area contributed by atoms with Crippen LogP contribution in [0.1, 0.15) is 27.0 Å². The number of carbonyl (C=O) groups is 1. The summed E-state index contributed by atoms with van der Waals surface area (Å²) in [6, 6.07) is 15.4. The highest BCUT2D eigenvalue weighted by atomic mass is 127. The van der Waals surface area contributed by atoms with E-state index in [0.29, 0.717) is 0 Å². The molecule has 0 bridgehead atoms. The molecular weight excluding hydrogens is 373 g/mol. The van der Waals surface area contributed by atoms with E-state index in [1.807, 2.05) is 48.5 Å². The Morgan fingerprint density at radius 1 is 0.952 bits per heavy atom. The maximum atomic E-state index is 12.5. The number of halogens is 1. The average molecular weight is 395 g/mol. The molecule has 2 nitrogen and oxygen atoms in total. The molecule has 0 aliphatic heterocycles. The Morgan fingerprint density at radius 2 is 1.57 bits per heavy atom. The molecule has 2 rings (SSSR count). The van der Waals surface area contributed by atoms with E-state index in [4.69, 9.17) is 0 Å². The summed E-state index contributed by atoms with van der Waals surface area (Å²) in [5.41, 5.74) is 3.99. The van der Waals surface area contributed by atoms with E-state index < -0.39 is 0 Å². The second-order valence-electron chi connectivity index (χ2n) is 6.28. The molecule has 21 heavy (non-hydrogen) atoms. The predicted octanol–water partition coefficient (Wildman–Crippen LogP) is 0.436. The monoisotopic (exact) mass is 395 g/mol. The number of hydrogen-bond donors (Lipinski definition) is 0. The molecule has 0 atom stereocenters. The summed E-state index contributed by atoms with van der Waals surface area (Å²) < 4.78 is 0.851. The van der Waals surface area contributed by atoms with E-state index in [0.717, 1.165) is 22.2 Å². The largest absolute Gasteiger partial charge is 1.00 e. The van der Waals surface area contributed by atoms with Gasteiger partial charge in [0.05, 0.1) is 21.1 Å². The van der Waals surface area contributed by atoms with Gasteiger partial charge >= 0.3 is 0 Å². The van der Waals surface area contributed by atoms with Crippen molar-refractivity contribution in [3.05, 3.63) is 70.8 Å². The van der Waals surface area contributed by atoms with Gasteiger partial charge in [0, 0.05) is 16.7 Å². The van der Waals surface area contributed by atoms with Gasteiger partial charge in [-0.15, -0.1) is 0 Å². The van der Waals surface area contributed by atoms with Gasteiger partial charge in [0.15, 0.2) is 5.78 Å². The van der Waals surface area contributed by atoms with Crippen LogP contribution in [0.15, 0.2) is 48.5 Å². The van der Waals surface area contributed by atoms with Crippen molar-refractivity contribution in [3.63, 3.8) is 0 Å². The predicted molar refractivity (Wildman–Crippen MR) is 82.8 cm³/mol. The lowest BCUT2D eigenvalue weighted by atomic mass is 9.98. The van der Waals surface area contributed by atoms with Gasteiger partial charge < -0.3 is 28.5 Å². The first-order valence-corrected chi connectivity index (χ1v) is 6.86. The Balaban J connectivity index is 0.00000220. The molecule has 2 aromatic rings. The number of quaternary nitrogens is 1. The van der Waals surface area contributed by atoms with Crippen molar-refractivity contribution in [2.45, 2.75) is 13.5 Å². The van der Waals surface area contributed by atoms with E-state index in [1.54, 1.807) is 0 Å². The first-order chi connectivity index (χ1) is 9.37. The van der Waals surface area contributed by atoms with Crippen molar-refractivity contribution < 1.29 is 33.3 Å². The number of nitrogens with zero attached hydrogens (tertiary/aromatic N) is 1. The maximum absolute atomic E-state index is 12.5. The molecule has 0 aromatic heterocycles. The van der Waals surface area contributed by atoms with Crippen molar-refractivity contribution in [2.75, 3.05) is 21.1 Å². The van der Waals surface area contributed by atoms with Crippen molar-refractivity contribution >= 4 is 5.78 Å². The molecular formula is C18H22INO. The van der Waals surface area contributed by atoms with Crippen LogP contribution < -0.4 is 24.0 Å². The quantitative estimate of drug-likeness (QED) is 0.417. The fourth-order valence-electron chi connectivity index (χ4n) is 2.25. The summed E-state index contributed by atoms with van der Waals surface area (Å²) in [6.45, 7) is 3.02. The molecule has 0 unspecified atom stereocenters. The molecule has 0 saturated carbocycles. The molecule has 0 radical (unpaired) electrons. The van der Waals surface area contributed by atoms with Gasteiger partial charge in [0.25, 0.3) is 0 Å². The summed E-state index contributed by atoms with van der Waals surface area (Å²) in [5.74, 6) is 0.0910. The topological polar surface area (TPSA) is 17.1 Å². The van der Waals surface area contributed by atoms with Gasteiger partial charge in [-0.05, 0) is 18.6 Å². The van der Waals surface area contributed by atoms with Crippen LogP contribution in [0.4, 0.5) is 0 Å². The van der Waals surface area contributed by atoms with Crippen LogP contribution in [0.2, 0.25) is 0 Å². The Morgan fingerprint density at radius 3 is 2.14 bits per heavy atom. The standard InChI is InChI=1S/C18H22NO.HI/c1-14-10-11-16(12-17(14)13-19(2,3)4)18(20)15-8-6-5-7-9-15;/h5-12H,13H2,1-4H3;1H/q+1;/p-1. The third-order valence-corrected chi connectivity index (χ3v) is 3.29. The van der Waals surface area contributed by atoms with Crippen LogP contribution >= 0.6 is 0 Å². The molecule has 0 N–H and O–H groups in total. The smallest absolute Gasteiger partial charge is 0.193 e. The summed E-state index contributed by atoms with van der Waals surface area (Å²) >= 11 is 0. The first-order valence-electron chi connectivity index (χ1n) is 6.86. The summed E-state index contributed by atoms with van der Waals surface area (Å²) in [7, 11) is 6.47. The minimum absolute atomic E-state index is 0. The first kappa shape index (κ1) is 17.9. The Bertz CT molecular complexity index is 615. The van der Waals surface area contributed by atoms with Gasteiger partial charge in [-0.1, -0.05) is 42.5 Å². The van der Waals surface area contributed by atoms with Gasteiger partial charge in [0.2, 0.25) is 0 Å². The Hall–Kier alpha value is -1.20. The molecule has 112 valence electrons. The van der Waals surface area contributed by atoms with Crippen molar-refractivity contribution in [2.24, 2.45) is 0 Å². The number of rotatable bonds is 4. The Kier molecular flexibility index (Phi) is 6.10.